The highest BCUT2D eigenvalue weighted by Gasteiger charge is 2.12. The van der Waals surface area contributed by atoms with E-state index in [1.807, 2.05) is 48.5 Å². The molecule has 0 aliphatic rings. The first kappa shape index (κ1) is 15.8. The molecule has 0 atom stereocenters. The molecule has 114 valence electrons. The summed E-state index contributed by atoms with van der Waals surface area (Å²) in [5.41, 5.74) is 1.82. The Morgan fingerprint density at radius 2 is 1.70 bits per heavy atom. The fourth-order valence-corrected chi connectivity index (χ4v) is 3.91. The quantitative estimate of drug-likeness (QED) is 0.386. The summed E-state index contributed by atoms with van der Waals surface area (Å²) in [6.45, 7) is 0. The predicted molar refractivity (Wildman–Crippen MR) is 95.8 cm³/mol. The van der Waals surface area contributed by atoms with E-state index >= 15 is 0 Å². The van der Waals surface area contributed by atoms with Crippen LogP contribution in [0.1, 0.15) is 15.9 Å². The molecule has 0 fully saturated rings. The summed E-state index contributed by atoms with van der Waals surface area (Å²) in [7, 11) is 2.59. The molecule has 1 aromatic heterocycles. The van der Waals surface area contributed by atoms with Gasteiger partial charge in [0.25, 0.3) is 0 Å². The molecule has 0 unspecified atom stereocenters. The van der Waals surface area contributed by atoms with Gasteiger partial charge in [-0.05, 0) is 22.0 Å². The van der Waals surface area contributed by atoms with Gasteiger partial charge in [0.05, 0.1) is 0 Å². The van der Waals surface area contributed by atoms with Crippen molar-refractivity contribution in [1.29, 1.82) is 0 Å². The lowest BCUT2D eigenvalue weighted by atomic mass is 10.1. The Morgan fingerprint density at radius 3 is 2.30 bits per heavy atom. The minimum atomic E-state index is -0.149. The molecule has 0 aliphatic carbocycles. The summed E-state index contributed by atoms with van der Waals surface area (Å²) >= 11 is 6.02. The van der Waals surface area contributed by atoms with E-state index in [1.54, 1.807) is 18.2 Å². The van der Waals surface area contributed by atoms with Crippen LogP contribution in [0.2, 0.25) is 5.15 Å². The Bertz CT molecular complexity index is 899. The molecule has 0 N–H and O–H groups in total. The smallest absolute Gasteiger partial charge is 0.211 e. The van der Waals surface area contributed by atoms with Crippen LogP contribution in [0, 0.1) is 0 Å². The van der Waals surface area contributed by atoms with Crippen LogP contribution in [0.4, 0.5) is 0 Å². The maximum absolute atomic E-state index is 12.8. The lowest BCUT2D eigenvalue weighted by Crippen LogP contribution is -2.06. The molecule has 3 aromatic rings. The Hall–Kier alpha value is -2.08. The zero-order valence-corrected chi connectivity index (χ0v) is 14.2. The van der Waals surface area contributed by atoms with E-state index in [0.717, 1.165) is 5.56 Å². The summed E-state index contributed by atoms with van der Waals surface area (Å²) in [5, 5.41) is 0.319. The Kier molecular flexibility index (Phi) is 5.12. The largest absolute Gasteiger partial charge is 0.287 e. The molecule has 2 aromatic carbocycles. The number of ketones is 1. The molecule has 6 heteroatoms. The SMILES string of the molecule is O=C(/C(=C/c1ccccc1)N=c1ssnc1Cl)c1ccccc1. The second-order valence-electron chi connectivity index (χ2n) is 4.59. The van der Waals surface area contributed by atoms with Crippen molar-refractivity contribution >= 4 is 44.3 Å². The highest BCUT2D eigenvalue weighted by molar-refractivity contribution is 7.66. The zero-order chi connectivity index (χ0) is 16.1. The molecule has 0 bridgehead atoms. The second kappa shape index (κ2) is 7.46. The molecule has 23 heavy (non-hydrogen) atoms. The number of nitrogens with zero attached hydrogens (tertiary/aromatic N) is 2. The van der Waals surface area contributed by atoms with E-state index in [1.165, 1.54) is 20.9 Å². The van der Waals surface area contributed by atoms with Gasteiger partial charge in [-0.15, -0.1) is 0 Å². The van der Waals surface area contributed by atoms with Crippen LogP contribution in [-0.4, -0.2) is 10.2 Å². The molecular weight excluding hydrogens is 348 g/mol. The van der Waals surface area contributed by atoms with Crippen molar-refractivity contribution in [3.05, 3.63) is 87.3 Å². The van der Waals surface area contributed by atoms with E-state index < -0.39 is 0 Å². The topological polar surface area (TPSA) is 42.3 Å². The lowest BCUT2D eigenvalue weighted by Gasteiger charge is -2.02. The number of allylic oxidation sites excluding steroid dienone is 1. The minimum Gasteiger partial charge on any atom is -0.287 e. The van der Waals surface area contributed by atoms with Gasteiger partial charge in [0.2, 0.25) is 5.78 Å². The van der Waals surface area contributed by atoms with Crippen LogP contribution in [0.25, 0.3) is 6.08 Å². The highest BCUT2D eigenvalue weighted by atomic mass is 35.5. The summed E-state index contributed by atoms with van der Waals surface area (Å²) in [5.74, 6) is -0.149. The van der Waals surface area contributed by atoms with E-state index in [9.17, 15) is 4.79 Å². The normalized spacial score (nSPS) is 12.4. The maximum Gasteiger partial charge on any atom is 0.211 e. The van der Waals surface area contributed by atoms with Gasteiger partial charge in [0.1, 0.15) is 5.70 Å². The van der Waals surface area contributed by atoms with E-state index in [0.29, 0.717) is 21.1 Å². The van der Waals surface area contributed by atoms with Crippen LogP contribution >= 0.6 is 32.5 Å². The average Bonchev–Trinajstić information content (AvgIpc) is 3.00. The third-order valence-corrected chi connectivity index (χ3v) is 5.17. The Labute approximate surface area is 145 Å². The van der Waals surface area contributed by atoms with Gasteiger partial charge in [-0.3, -0.25) is 4.79 Å². The minimum absolute atomic E-state index is 0.149. The first-order valence-corrected chi connectivity index (χ1v) is 9.25. The van der Waals surface area contributed by atoms with Gasteiger partial charge in [0, 0.05) is 16.1 Å². The number of Topliss-reactive ketones (excluding diaryl/α,β-unsaturated/α-hetero) is 1. The first-order valence-electron chi connectivity index (χ1n) is 6.77. The average molecular weight is 359 g/mol. The third-order valence-electron chi connectivity index (χ3n) is 3.00. The lowest BCUT2D eigenvalue weighted by molar-refractivity contribution is 0.103. The summed E-state index contributed by atoms with van der Waals surface area (Å²) in [4.78, 5) is 17.2. The molecule has 0 aliphatic heterocycles. The number of hydrogen-bond acceptors (Lipinski definition) is 5. The molecule has 0 amide bonds. The van der Waals surface area contributed by atoms with Crippen molar-refractivity contribution in [2.75, 3.05) is 0 Å². The van der Waals surface area contributed by atoms with Crippen LogP contribution in [0.15, 0.2) is 71.4 Å². The van der Waals surface area contributed by atoms with Crippen LogP contribution in [0.5, 0.6) is 0 Å². The molecular formula is C17H11ClN2OS2. The van der Waals surface area contributed by atoms with Crippen molar-refractivity contribution in [3.8, 4) is 0 Å². The first-order chi connectivity index (χ1) is 11.2. The van der Waals surface area contributed by atoms with E-state index in [-0.39, 0.29) is 5.78 Å². The molecule has 0 spiro atoms. The Morgan fingerprint density at radius 1 is 1.04 bits per heavy atom. The van der Waals surface area contributed by atoms with Gasteiger partial charge in [-0.2, -0.15) is 4.37 Å². The molecule has 3 rings (SSSR count). The number of carbonyl (C=O) groups excluding carboxylic acids is 1. The van der Waals surface area contributed by atoms with Gasteiger partial charge in [-0.1, -0.05) is 72.3 Å². The van der Waals surface area contributed by atoms with Gasteiger partial charge in [0.15, 0.2) is 9.82 Å². The summed E-state index contributed by atoms with van der Waals surface area (Å²) in [6, 6.07) is 18.7. The van der Waals surface area contributed by atoms with Gasteiger partial charge < -0.3 is 0 Å². The monoisotopic (exact) mass is 358 g/mol. The molecule has 3 nitrogen and oxygen atoms in total. The standard InChI is InChI=1S/C17H11ClN2OS2/c18-16-17(22-23-20-16)19-14(11-12-7-3-1-4-8-12)15(21)13-9-5-2-6-10-13/h1-11H/b14-11-,19-17?. The number of hydrogen-bond donors (Lipinski definition) is 0. The fourth-order valence-electron chi connectivity index (χ4n) is 1.93. The highest BCUT2D eigenvalue weighted by Crippen LogP contribution is 2.15. The predicted octanol–water partition coefficient (Wildman–Crippen LogP) is 4.68. The van der Waals surface area contributed by atoms with Crippen molar-refractivity contribution in [3.63, 3.8) is 0 Å². The number of rotatable bonds is 4. The number of halogens is 1. The maximum atomic E-state index is 12.8. The van der Waals surface area contributed by atoms with Crippen molar-refractivity contribution < 1.29 is 4.79 Å². The Balaban J connectivity index is 2.10. The van der Waals surface area contributed by atoms with Crippen LogP contribution < -0.4 is 4.67 Å². The number of aromatic nitrogens is 1. The summed E-state index contributed by atoms with van der Waals surface area (Å²) in [6.07, 6.45) is 1.76. The van der Waals surface area contributed by atoms with Crippen molar-refractivity contribution in [2.45, 2.75) is 0 Å². The number of carbonyl (C=O) groups is 1. The summed E-state index contributed by atoms with van der Waals surface area (Å²) < 4.78 is 4.55. The molecule has 1 heterocycles. The molecule has 0 saturated heterocycles. The number of benzene rings is 2. The van der Waals surface area contributed by atoms with Gasteiger partial charge >= 0.3 is 0 Å². The van der Waals surface area contributed by atoms with E-state index in [4.69, 9.17) is 11.6 Å². The van der Waals surface area contributed by atoms with Crippen molar-refractivity contribution in [2.24, 2.45) is 4.99 Å². The zero-order valence-electron chi connectivity index (χ0n) is 11.8. The molecule has 0 saturated carbocycles. The third kappa shape index (κ3) is 4.01. The second-order valence-corrected chi connectivity index (χ2v) is 6.78. The van der Waals surface area contributed by atoms with Crippen LogP contribution in [-0.2, 0) is 0 Å². The fraction of sp³-hybridized carbons (Fsp3) is 0. The van der Waals surface area contributed by atoms with E-state index in [2.05, 4.69) is 9.37 Å². The van der Waals surface area contributed by atoms with Gasteiger partial charge in [-0.25, -0.2) is 4.99 Å². The van der Waals surface area contributed by atoms with Crippen LogP contribution in [0.3, 0.4) is 0 Å². The molecule has 0 radical (unpaired) electrons. The van der Waals surface area contributed by atoms with Crippen molar-refractivity contribution in [1.82, 2.24) is 4.37 Å².